The molecule has 0 bridgehead atoms. The van der Waals surface area contributed by atoms with E-state index >= 15 is 0 Å². The van der Waals surface area contributed by atoms with Gasteiger partial charge in [0.15, 0.2) is 0 Å². The Bertz CT molecular complexity index is 201. The Balaban J connectivity index is 2.36. The van der Waals surface area contributed by atoms with Crippen molar-refractivity contribution in [2.24, 2.45) is 0 Å². The quantitative estimate of drug-likeness (QED) is 0.692. The SMILES string of the molecule is CNCCCC(=O)N1CCCC1(C)C. The van der Waals surface area contributed by atoms with Gasteiger partial charge in [0, 0.05) is 18.5 Å². The summed E-state index contributed by atoms with van der Waals surface area (Å²) in [6, 6.07) is 0. The van der Waals surface area contributed by atoms with Crippen molar-refractivity contribution in [3.05, 3.63) is 0 Å². The fourth-order valence-corrected chi connectivity index (χ4v) is 2.12. The van der Waals surface area contributed by atoms with Crippen molar-refractivity contribution in [3.8, 4) is 0 Å². The van der Waals surface area contributed by atoms with Gasteiger partial charge in [-0.25, -0.2) is 0 Å². The molecule has 0 saturated carbocycles. The number of carbonyl (C=O) groups excluding carboxylic acids is 1. The van der Waals surface area contributed by atoms with Crippen molar-refractivity contribution in [1.82, 2.24) is 10.2 Å². The summed E-state index contributed by atoms with van der Waals surface area (Å²) in [5.41, 5.74) is 0.0940. The molecule has 1 rings (SSSR count). The minimum absolute atomic E-state index is 0.0940. The summed E-state index contributed by atoms with van der Waals surface area (Å²) in [5, 5.41) is 3.06. The highest BCUT2D eigenvalue weighted by atomic mass is 16.2. The molecule has 1 amide bonds. The van der Waals surface area contributed by atoms with Gasteiger partial charge in [0.1, 0.15) is 0 Å². The predicted molar refractivity (Wildman–Crippen MR) is 58.2 cm³/mol. The van der Waals surface area contributed by atoms with E-state index in [-0.39, 0.29) is 5.54 Å². The fourth-order valence-electron chi connectivity index (χ4n) is 2.12. The van der Waals surface area contributed by atoms with E-state index in [9.17, 15) is 4.79 Å². The second-order valence-electron chi connectivity index (χ2n) is 4.67. The van der Waals surface area contributed by atoms with Crippen LogP contribution in [-0.2, 0) is 4.79 Å². The first-order chi connectivity index (χ1) is 6.58. The molecule has 1 aliphatic heterocycles. The average Bonchev–Trinajstić information content (AvgIpc) is 2.45. The summed E-state index contributed by atoms with van der Waals surface area (Å²) in [5.74, 6) is 0.322. The van der Waals surface area contributed by atoms with Crippen molar-refractivity contribution in [3.63, 3.8) is 0 Å². The molecule has 0 spiro atoms. The van der Waals surface area contributed by atoms with Crippen molar-refractivity contribution in [2.75, 3.05) is 20.1 Å². The van der Waals surface area contributed by atoms with E-state index in [1.807, 2.05) is 11.9 Å². The maximum atomic E-state index is 11.8. The highest BCUT2D eigenvalue weighted by Gasteiger charge is 2.34. The number of likely N-dealkylation sites (tertiary alicyclic amines) is 1. The summed E-state index contributed by atoms with van der Waals surface area (Å²) >= 11 is 0. The van der Waals surface area contributed by atoms with Crippen molar-refractivity contribution in [2.45, 2.75) is 45.1 Å². The van der Waals surface area contributed by atoms with Crippen LogP contribution in [0.1, 0.15) is 39.5 Å². The zero-order valence-corrected chi connectivity index (χ0v) is 9.60. The first-order valence-corrected chi connectivity index (χ1v) is 5.53. The normalized spacial score (nSPS) is 20.1. The number of nitrogens with one attached hydrogen (secondary N) is 1. The summed E-state index contributed by atoms with van der Waals surface area (Å²) in [7, 11) is 1.92. The van der Waals surface area contributed by atoms with Crippen LogP contribution in [0.3, 0.4) is 0 Å². The van der Waals surface area contributed by atoms with E-state index in [0.717, 1.165) is 32.4 Å². The molecule has 1 aliphatic rings. The lowest BCUT2D eigenvalue weighted by Crippen LogP contribution is -2.42. The average molecular weight is 198 g/mol. The van der Waals surface area contributed by atoms with Crippen LogP contribution in [0.15, 0.2) is 0 Å². The lowest BCUT2D eigenvalue weighted by Gasteiger charge is -2.31. The molecule has 0 aromatic carbocycles. The van der Waals surface area contributed by atoms with E-state index in [0.29, 0.717) is 12.3 Å². The molecule has 3 nitrogen and oxygen atoms in total. The van der Waals surface area contributed by atoms with Gasteiger partial charge in [-0.1, -0.05) is 0 Å². The van der Waals surface area contributed by atoms with Crippen LogP contribution >= 0.6 is 0 Å². The van der Waals surface area contributed by atoms with Crippen LogP contribution in [0, 0.1) is 0 Å². The minimum atomic E-state index is 0.0940. The van der Waals surface area contributed by atoms with Crippen LogP contribution in [0.25, 0.3) is 0 Å². The topological polar surface area (TPSA) is 32.3 Å². The fraction of sp³-hybridized carbons (Fsp3) is 0.909. The molecule has 1 heterocycles. The van der Waals surface area contributed by atoms with Crippen molar-refractivity contribution < 1.29 is 4.79 Å². The first-order valence-electron chi connectivity index (χ1n) is 5.53. The Hall–Kier alpha value is -0.570. The Morgan fingerprint density at radius 2 is 2.21 bits per heavy atom. The van der Waals surface area contributed by atoms with Crippen LogP contribution in [0.2, 0.25) is 0 Å². The molecule has 3 heteroatoms. The molecule has 0 unspecified atom stereocenters. The Morgan fingerprint density at radius 1 is 1.50 bits per heavy atom. The number of nitrogens with zero attached hydrogens (tertiary/aromatic N) is 1. The molecule has 82 valence electrons. The van der Waals surface area contributed by atoms with Gasteiger partial charge in [-0.2, -0.15) is 0 Å². The molecule has 0 atom stereocenters. The zero-order chi connectivity index (χ0) is 10.6. The molecule has 1 fully saturated rings. The molecular formula is C11H22N2O. The third-order valence-electron chi connectivity index (χ3n) is 3.02. The van der Waals surface area contributed by atoms with Gasteiger partial charge in [-0.3, -0.25) is 4.79 Å². The van der Waals surface area contributed by atoms with Gasteiger partial charge in [0.2, 0.25) is 5.91 Å². The number of hydrogen-bond acceptors (Lipinski definition) is 2. The van der Waals surface area contributed by atoms with Gasteiger partial charge in [0.05, 0.1) is 0 Å². The second kappa shape index (κ2) is 4.78. The maximum absolute atomic E-state index is 11.8. The maximum Gasteiger partial charge on any atom is 0.223 e. The third-order valence-corrected chi connectivity index (χ3v) is 3.02. The van der Waals surface area contributed by atoms with Crippen molar-refractivity contribution in [1.29, 1.82) is 0 Å². The van der Waals surface area contributed by atoms with Gasteiger partial charge >= 0.3 is 0 Å². The van der Waals surface area contributed by atoms with Crippen LogP contribution in [-0.4, -0.2) is 36.5 Å². The van der Waals surface area contributed by atoms with Crippen LogP contribution in [0.5, 0.6) is 0 Å². The second-order valence-corrected chi connectivity index (χ2v) is 4.67. The van der Waals surface area contributed by atoms with Gasteiger partial charge < -0.3 is 10.2 Å². The molecule has 0 aliphatic carbocycles. The molecular weight excluding hydrogens is 176 g/mol. The van der Waals surface area contributed by atoms with E-state index in [2.05, 4.69) is 19.2 Å². The number of rotatable bonds is 4. The molecule has 0 aromatic rings. The molecule has 1 saturated heterocycles. The first kappa shape index (κ1) is 11.5. The molecule has 0 radical (unpaired) electrons. The minimum Gasteiger partial charge on any atom is -0.338 e. The van der Waals surface area contributed by atoms with E-state index in [1.54, 1.807) is 0 Å². The summed E-state index contributed by atoms with van der Waals surface area (Å²) in [4.78, 5) is 13.9. The number of amides is 1. The summed E-state index contributed by atoms with van der Waals surface area (Å²) in [6.45, 7) is 6.21. The van der Waals surface area contributed by atoms with E-state index < -0.39 is 0 Å². The van der Waals surface area contributed by atoms with Crippen LogP contribution in [0.4, 0.5) is 0 Å². The Morgan fingerprint density at radius 3 is 2.71 bits per heavy atom. The lowest BCUT2D eigenvalue weighted by atomic mass is 10.0. The summed E-state index contributed by atoms with van der Waals surface area (Å²) in [6.07, 6.45) is 3.93. The third kappa shape index (κ3) is 2.71. The standard InChI is InChI=1S/C11H22N2O/c1-11(2)7-5-9-13(11)10(14)6-4-8-12-3/h12H,4-9H2,1-3H3. The number of hydrogen-bond donors (Lipinski definition) is 1. The smallest absolute Gasteiger partial charge is 0.223 e. The monoisotopic (exact) mass is 198 g/mol. The van der Waals surface area contributed by atoms with Gasteiger partial charge in [-0.05, 0) is 46.7 Å². The van der Waals surface area contributed by atoms with E-state index in [1.165, 1.54) is 0 Å². The van der Waals surface area contributed by atoms with E-state index in [4.69, 9.17) is 0 Å². The van der Waals surface area contributed by atoms with Crippen molar-refractivity contribution >= 4 is 5.91 Å². The number of carbonyl (C=O) groups is 1. The lowest BCUT2D eigenvalue weighted by molar-refractivity contribution is -0.134. The molecule has 14 heavy (non-hydrogen) atoms. The predicted octanol–water partition coefficient (Wildman–Crippen LogP) is 1.39. The summed E-state index contributed by atoms with van der Waals surface area (Å²) < 4.78 is 0. The highest BCUT2D eigenvalue weighted by molar-refractivity contribution is 5.77. The Kier molecular flexibility index (Phi) is 3.93. The van der Waals surface area contributed by atoms with Crippen LogP contribution < -0.4 is 5.32 Å². The zero-order valence-electron chi connectivity index (χ0n) is 9.60. The largest absolute Gasteiger partial charge is 0.338 e. The van der Waals surface area contributed by atoms with Gasteiger partial charge in [-0.15, -0.1) is 0 Å². The molecule has 1 N–H and O–H groups in total. The van der Waals surface area contributed by atoms with Gasteiger partial charge in [0.25, 0.3) is 0 Å². The highest BCUT2D eigenvalue weighted by Crippen LogP contribution is 2.28. The molecule has 0 aromatic heterocycles. The Labute approximate surface area is 86.9 Å².